The van der Waals surface area contributed by atoms with Gasteiger partial charge in [0.25, 0.3) is 0 Å². The van der Waals surface area contributed by atoms with Crippen molar-refractivity contribution in [2.24, 2.45) is 5.92 Å². The van der Waals surface area contributed by atoms with E-state index in [2.05, 4.69) is 6.92 Å². The van der Waals surface area contributed by atoms with Gasteiger partial charge in [0, 0.05) is 0 Å². The zero-order chi connectivity index (χ0) is 9.10. The van der Waals surface area contributed by atoms with Crippen LogP contribution in [0.15, 0.2) is 11.1 Å². The van der Waals surface area contributed by atoms with Crippen LogP contribution in [0.5, 0.6) is 0 Å². The molecule has 0 N–H and O–H groups in total. The fourth-order valence-electron chi connectivity index (χ4n) is 2.99. The third kappa shape index (κ3) is 2.15. The van der Waals surface area contributed by atoms with Gasteiger partial charge in [0.05, 0.1) is 0 Å². The minimum atomic E-state index is 1.04. The van der Waals surface area contributed by atoms with E-state index in [1.807, 2.05) is 11.1 Å². The van der Waals surface area contributed by atoms with Crippen LogP contribution in [0.25, 0.3) is 0 Å². The van der Waals surface area contributed by atoms with Crippen LogP contribution in [0.4, 0.5) is 0 Å². The first-order chi connectivity index (χ1) is 6.40. The van der Waals surface area contributed by atoms with Crippen molar-refractivity contribution in [1.82, 2.24) is 0 Å². The van der Waals surface area contributed by atoms with E-state index in [0.717, 1.165) is 5.92 Å². The zero-order valence-corrected chi connectivity index (χ0v) is 8.94. The summed E-state index contributed by atoms with van der Waals surface area (Å²) in [7, 11) is 0. The predicted molar refractivity (Wildman–Crippen MR) is 57.7 cm³/mol. The molecule has 2 rings (SSSR count). The molecule has 0 aromatic carbocycles. The summed E-state index contributed by atoms with van der Waals surface area (Å²) in [6.45, 7) is 2.31. The average molecular weight is 178 g/mol. The molecular weight excluding hydrogens is 156 g/mol. The zero-order valence-electron chi connectivity index (χ0n) is 8.94. The predicted octanol–water partition coefficient (Wildman–Crippen LogP) is 4.46. The van der Waals surface area contributed by atoms with Crippen LogP contribution in [-0.2, 0) is 0 Å². The topological polar surface area (TPSA) is 0 Å². The molecule has 0 nitrogen and oxygen atoms in total. The first kappa shape index (κ1) is 9.30. The van der Waals surface area contributed by atoms with Gasteiger partial charge in [0.1, 0.15) is 0 Å². The van der Waals surface area contributed by atoms with E-state index >= 15 is 0 Å². The molecule has 13 heavy (non-hydrogen) atoms. The van der Waals surface area contributed by atoms with E-state index < -0.39 is 0 Å². The second-order valence-corrected chi connectivity index (χ2v) is 4.83. The van der Waals surface area contributed by atoms with E-state index in [9.17, 15) is 0 Å². The quantitative estimate of drug-likeness (QED) is 0.560. The van der Waals surface area contributed by atoms with Gasteiger partial charge in [-0.25, -0.2) is 0 Å². The second kappa shape index (κ2) is 4.30. The molecule has 0 fully saturated rings. The summed E-state index contributed by atoms with van der Waals surface area (Å²) in [5.74, 6) is 1.04. The molecule has 2 aliphatic rings. The lowest BCUT2D eigenvalue weighted by molar-refractivity contribution is 0.483. The Hall–Kier alpha value is -0.260. The monoisotopic (exact) mass is 178 g/mol. The standard InChI is InChI=1S/C13H22/c1-2-3-6-11-9-12-7-4-5-8-13(12)10-11/h11H,2-10H2,1H3. The van der Waals surface area contributed by atoms with Crippen molar-refractivity contribution < 1.29 is 0 Å². The smallest absolute Gasteiger partial charge is 0.0286 e. The number of hydrogen-bond acceptors (Lipinski definition) is 0. The lowest BCUT2D eigenvalue weighted by Gasteiger charge is -2.12. The van der Waals surface area contributed by atoms with Crippen molar-refractivity contribution in [1.29, 1.82) is 0 Å². The van der Waals surface area contributed by atoms with Gasteiger partial charge in [0.15, 0.2) is 0 Å². The van der Waals surface area contributed by atoms with Crippen molar-refractivity contribution in [3.05, 3.63) is 11.1 Å². The highest BCUT2D eigenvalue weighted by Crippen LogP contribution is 2.41. The van der Waals surface area contributed by atoms with Crippen LogP contribution >= 0.6 is 0 Å². The fourth-order valence-corrected chi connectivity index (χ4v) is 2.99. The summed E-state index contributed by atoms with van der Waals surface area (Å²) in [5.41, 5.74) is 3.74. The maximum atomic E-state index is 2.31. The van der Waals surface area contributed by atoms with Gasteiger partial charge in [-0.1, -0.05) is 30.9 Å². The SMILES string of the molecule is CCCCC1CC2=C(CCCC2)C1. The van der Waals surface area contributed by atoms with Crippen molar-refractivity contribution in [3.8, 4) is 0 Å². The van der Waals surface area contributed by atoms with Gasteiger partial charge in [-0.3, -0.25) is 0 Å². The Balaban J connectivity index is 1.83. The normalized spacial score (nSPS) is 23.8. The van der Waals surface area contributed by atoms with Gasteiger partial charge in [-0.15, -0.1) is 0 Å². The summed E-state index contributed by atoms with van der Waals surface area (Å²) >= 11 is 0. The van der Waals surface area contributed by atoms with E-state index in [1.54, 1.807) is 0 Å². The molecule has 0 saturated carbocycles. The van der Waals surface area contributed by atoms with Gasteiger partial charge in [-0.05, 0) is 50.9 Å². The third-order valence-corrected chi connectivity index (χ3v) is 3.74. The van der Waals surface area contributed by atoms with Gasteiger partial charge in [0.2, 0.25) is 0 Å². The molecule has 0 radical (unpaired) electrons. The van der Waals surface area contributed by atoms with Gasteiger partial charge >= 0.3 is 0 Å². The largest absolute Gasteiger partial charge is 0.0707 e. The molecule has 0 amide bonds. The first-order valence-electron chi connectivity index (χ1n) is 6.10. The minimum Gasteiger partial charge on any atom is -0.0707 e. The Kier molecular flexibility index (Phi) is 3.08. The van der Waals surface area contributed by atoms with E-state index in [-0.39, 0.29) is 0 Å². The molecule has 0 spiro atoms. The lowest BCUT2D eigenvalue weighted by atomic mass is 9.94. The maximum Gasteiger partial charge on any atom is -0.0286 e. The molecule has 2 aliphatic carbocycles. The molecule has 0 heterocycles. The number of rotatable bonds is 3. The van der Waals surface area contributed by atoms with Crippen molar-refractivity contribution in [3.63, 3.8) is 0 Å². The Labute approximate surface area is 82.4 Å². The Morgan fingerprint density at radius 1 is 1.08 bits per heavy atom. The molecule has 0 aliphatic heterocycles. The first-order valence-corrected chi connectivity index (χ1v) is 6.10. The Morgan fingerprint density at radius 3 is 2.23 bits per heavy atom. The van der Waals surface area contributed by atoms with E-state index in [1.165, 1.54) is 57.8 Å². The lowest BCUT2D eigenvalue weighted by Crippen LogP contribution is -1.94. The van der Waals surface area contributed by atoms with Crippen molar-refractivity contribution in [2.45, 2.75) is 64.7 Å². The summed E-state index contributed by atoms with van der Waals surface area (Å²) < 4.78 is 0. The molecule has 0 saturated heterocycles. The van der Waals surface area contributed by atoms with Crippen LogP contribution in [0.3, 0.4) is 0 Å². The Bertz CT molecular complexity index is 182. The summed E-state index contributed by atoms with van der Waals surface area (Å²) in [5, 5.41) is 0. The Morgan fingerprint density at radius 2 is 1.69 bits per heavy atom. The molecule has 0 aromatic heterocycles. The molecule has 0 unspecified atom stereocenters. The van der Waals surface area contributed by atoms with E-state index in [0.29, 0.717) is 0 Å². The molecule has 0 bridgehead atoms. The maximum absolute atomic E-state index is 2.31. The van der Waals surface area contributed by atoms with Crippen LogP contribution in [0.1, 0.15) is 64.7 Å². The van der Waals surface area contributed by atoms with Crippen LogP contribution in [0.2, 0.25) is 0 Å². The summed E-state index contributed by atoms with van der Waals surface area (Å²) in [6, 6.07) is 0. The molecule has 0 atom stereocenters. The molecule has 0 heteroatoms. The third-order valence-electron chi connectivity index (χ3n) is 3.74. The average Bonchev–Trinajstić information content (AvgIpc) is 2.57. The van der Waals surface area contributed by atoms with Crippen LogP contribution in [0, 0.1) is 5.92 Å². The van der Waals surface area contributed by atoms with Gasteiger partial charge < -0.3 is 0 Å². The summed E-state index contributed by atoms with van der Waals surface area (Å²) in [6.07, 6.45) is 13.1. The fraction of sp³-hybridized carbons (Fsp3) is 0.846. The second-order valence-electron chi connectivity index (χ2n) is 4.83. The number of allylic oxidation sites excluding steroid dienone is 2. The highest BCUT2D eigenvalue weighted by atomic mass is 14.3. The highest BCUT2D eigenvalue weighted by molar-refractivity contribution is 5.23. The van der Waals surface area contributed by atoms with Crippen molar-refractivity contribution in [2.75, 3.05) is 0 Å². The van der Waals surface area contributed by atoms with E-state index in [4.69, 9.17) is 0 Å². The summed E-state index contributed by atoms with van der Waals surface area (Å²) in [4.78, 5) is 0. The number of unbranched alkanes of at least 4 members (excludes halogenated alkanes) is 1. The molecule has 0 aromatic rings. The molecule has 74 valence electrons. The van der Waals surface area contributed by atoms with Crippen molar-refractivity contribution >= 4 is 0 Å². The highest BCUT2D eigenvalue weighted by Gasteiger charge is 2.24. The van der Waals surface area contributed by atoms with Crippen LogP contribution < -0.4 is 0 Å². The molecular formula is C13H22. The van der Waals surface area contributed by atoms with Crippen LogP contribution in [-0.4, -0.2) is 0 Å². The number of hydrogen-bond donors (Lipinski definition) is 0. The minimum absolute atomic E-state index is 1.04. The van der Waals surface area contributed by atoms with Gasteiger partial charge in [-0.2, -0.15) is 0 Å².